The lowest BCUT2D eigenvalue weighted by atomic mass is 10.3. The molecule has 0 fully saturated rings. The van der Waals surface area contributed by atoms with E-state index in [0.717, 1.165) is 5.69 Å². The van der Waals surface area contributed by atoms with E-state index < -0.39 is 0 Å². The quantitative estimate of drug-likeness (QED) is 0.866. The van der Waals surface area contributed by atoms with Crippen molar-refractivity contribution in [2.45, 2.75) is 0 Å². The maximum atomic E-state index is 6.00. The molecule has 17 heavy (non-hydrogen) atoms. The highest BCUT2D eigenvalue weighted by Gasteiger charge is 2.03. The summed E-state index contributed by atoms with van der Waals surface area (Å²) in [6.45, 7) is 0. The zero-order valence-electron chi connectivity index (χ0n) is 8.95. The van der Waals surface area contributed by atoms with Crippen LogP contribution in [0.25, 0.3) is 0 Å². The Hall–Kier alpha value is -1.52. The molecule has 1 aromatic carbocycles. The zero-order chi connectivity index (χ0) is 12.3. The maximum Gasteiger partial charge on any atom is 0.137 e. The molecule has 0 aliphatic carbocycles. The van der Waals surface area contributed by atoms with E-state index in [9.17, 15) is 0 Å². The van der Waals surface area contributed by atoms with Gasteiger partial charge in [-0.3, -0.25) is 0 Å². The van der Waals surface area contributed by atoms with Crippen molar-refractivity contribution >= 4 is 34.7 Å². The van der Waals surface area contributed by atoms with Gasteiger partial charge in [0.2, 0.25) is 0 Å². The topological polar surface area (TPSA) is 47.0 Å². The molecule has 2 rings (SSSR count). The molecule has 0 amide bonds. The molecule has 88 valence electrons. The van der Waals surface area contributed by atoms with Crippen molar-refractivity contribution < 1.29 is 4.74 Å². The van der Waals surface area contributed by atoms with Gasteiger partial charge in [-0.2, -0.15) is 0 Å². The van der Waals surface area contributed by atoms with Crippen LogP contribution >= 0.6 is 23.2 Å². The van der Waals surface area contributed by atoms with Gasteiger partial charge >= 0.3 is 0 Å². The third kappa shape index (κ3) is 2.99. The Labute approximate surface area is 109 Å². The highest BCUT2D eigenvalue weighted by Crippen LogP contribution is 2.28. The summed E-state index contributed by atoms with van der Waals surface area (Å²) >= 11 is 11.8. The molecule has 2 aromatic rings. The molecule has 0 aliphatic heterocycles. The minimum atomic E-state index is 0.377. The van der Waals surface area contributed by atoms with Gasteiger partial charge in [0.05, 0.1) is 12.1 Å². The number of aromatic nitrogens is 2. The van der Waals surface area contributed by atoms with Gasteiger partial charge in [0.15, 0.2) is 0 Å². The van der Waals surface area contributed by atoms with Crippen molar-refractivity contribution in [2.24, 2.45) is 0 Å². The summed E-state index contributed by atoms with van der Waals surface area (Å²) < 4.78 is 5.06. The van der Waals surface area contributed by atoms with Crippen LogP contribution in [0, 0.1) is 0 Å². The number of ether oxygens (including phenoxy) is 1. The largest absolute Gasteiger partial charge is 0.495 e. The van der Waals surface area contributed by atoms with Gasteiger partial charge in [-0.25, -0.2) is 9.97 Å². The fraction of sp³-hybridized carbons (Fsp3) is 0.0909. The van der Waals surface area contributed by atoms with Crippen molar-refractivity contribution in [1.82, 2.24) is 9.97 Å². The smallest absolute Gasteiger partial charge is 0.137 e. The third-order valence-corrected chi connectivity index (χ3v) is 2.56. The maximum absolute atomic E-state index is 6.00. The number of halogens is 2. The molecule has 4 nitrogen and oxygen atoms in total. The van der Waals surface area contributed by atoms with Crippen molar-refractivity contribution in [3.8, 4) is 5.75 Å². The van der Waals surface area contributed by atoms with Crippen LogP contribution in [0.15, 0.2) is 30.6 Å². The van der Waals surface area contributed by atoms with Crippen molar-refractivity contribution in [1.29, 1.82) is 0 Å². The fourth-order valence-electron chi connectivity index (χ4n) is 1.29. The molecule has 0 saturated carbocycles. The summed E-state index contributed by atoms with van der Waals surface area (Å²) in [5.41, 5.74) is 0.797. The molecule has 0 atom stereocenters. The Balaban J connectivity index is 2.22. The van der Waals surface area contributed by atoms with E-state index >= 15 is 0 Å². The SMILES string of the molecule is COc1ccc(Nc2cc(Cl)ncn2)cc1Cl. The van der Waals surface area contributed by atoms with E-state index in [-0.39, 0.29) is 0 Å². The number of nitrogens with one attached hydrogen (secondary N) is 1. The summed E-state index contributed by atoms with van der Waals surface area (Å²) in [6, 6.07) is 6.98. The molecular formula is C11H9Cl2N3O. The average molecular weight is 270 g/mol. The van der Waals surface area contributed by atoms with E-state index in [0.29, 0.717) is 21.7 Å². The number of rotatable bonds is 3. The van der Waals surface area contributed by atoms with Crippen LogP contribution in [-0.2, 0) is 0 Å². The van der Waals surface area contributed by atoms with E-state index in [1.165, 1.54) is 6.33 Å². The number of nitrogens with zero attached hydrogens (tertiary/aromatic N) is 2. The second kappa shape index (κ2) is 5.21. The van der Waals surface area contributed by atoms with Crippen LogP contribution < -0.4 is 10.1 Å². The van der Waals surface area contributed by atoms with E-state index in [4.69, 9.17) is 27.9 Å². The Morgan fingerprint density at radius 1 is 1.18 bits per heavy atom. The van der Waals surface area contributed by atoms with Gasteiger partial charge in [-0.15, -0.1) is 0 Å². The monoisotopic (exact) mass is 269 g/mol. The molecular weight excluding hydrogens is 261 g/mol. The predicted octanol–water partition coefficient (Wildman–Crippen LogP) is 3.54. The first-order chi connectivity index (χ1) is 8.19. The fourth-order valence-corrected chi connectivity index (χ4v) is 1.70. The summed E-state index contributed by atoms with van der Waals surface area (Å²) in [5.74, 6) is 1.23. The second-order valence-corrected chi connectivity index (χ2v) is 3.99. The van der Waals surface area contributed by atoms with E-state index in [1.54, 1.807) is 25.3 Å². The average Bonchev–Trinajstić information content (AvgIpc) is 2.29. The molecule has 0 aliphatic rings. The first kappa shape index (κ1) is 12.0. The molecule has 0 radical (unpaired) electrons. The Bertz CT molecular complexity index is 534. The van der Waals surface area contributed by atoms with Crippen LogP contribution in [0.2, 0.25) is 10.2 Å². The second-order valence-electron chi connectivity index (χ2n) is 3.20. The molecule has 0 saturated heterocycles. The lowest BCUT2D eigenvalue weighted by Crippen LogP contribution is -1.94. The minimum Gasteiger partial charge on any atom is -0.495 e. The van der Waals surface area contributed by atoms with Gasteiger partial charge in [-0.05, 0) is 18.2 Å². The lowest BCUT2D eigenvalue weighted by molar-refractivity contribution is 0.415. The van der Waals surface area contributed by atoms with Crippen LogP contribution in [-0.4, -0.2) is 17.1 Å². The predicted molar refractivity (Wildman–Crippen MR) is 68.3 cm³/mol. The van der Waals surface area contributed by atoms with Crippen LogP contribution in [0.5, 0.6) is 5.75 Å². The molecule has 0 spiro atoms. The van der Waals surface area contributed by atoms with Crippen molar-refractivity contribution in [3.63, 3.8) is 0 Å². The normalized spacial score (nSPS) is 10.1. The molecule has 0 bridgehead atoms. The third-order valence-electron chi connectivity index (χ3n) is 2.06. The molecule has 1 aromatic heterocycles. The van der Waals surface area contributed by atoms with Gasteiger partial charge in [0.25, 0.3) is 0 Å². The number of hydrogen-bond acceptors (Lipinski definition) is 4. The molecule has 1 N–H and O–H groups in total. The summed E-state index contributed by atoms with van der Waals surface area (Å²) in [6.07, 6.45) is 1.38. The summed E-state index contributed by atoms with van der Waals surface area (Å²) in [4.78, 5) is 7.82. The lowest BCUT2D eigenvalue weighted by Gasteiger charge is -2.08. The van der Waals surface area contributed by atoms with Crippen molar-refractivity contribution in [3.05, 3.63) is 40.8 Å². The van der Waals surface area contributed by atoms with Crippen LogP contribution in [0.1, 0.15) is 0 Å². The van der Waals surface area contributed by atoms with E-state index in [1.807, 2.05) is 6.07 Å². The number of methoxy groups -OCH3 is 1. The first-order valence-corrected chi connectivity index (χ1v) is 5.53. The highest BCUT2D eigenvalue weighted by atomic mass is 35.5. The van der Waals surface area contributed by atoms with Gasteiger partial charge in [-0.1, -0.05) is 23.2 Å². The Morgan fingerprint density at radius 2 is 2.00 bits per heavy atom. The highest BCUT2D eigenvalue weighted by molar-refractivity contribution is 6.32. The minimum absolute atomic E-state index is 0.377. The van der Waals surface area contributed by atoms with Crippen molar-refractivity contribution in [2.75, 3.05) is 12.4 Å². The zero-order valence-corrected chi connectivity index (χ0v) is 10.5. The Morgan fingerprint density at radius 3 is 2.65 bits per heavy atom. The number of benzene rings is 1. The number of hydrogen-bond donors (Lipinski definition) is 1. The van der Waals surface area contributed by atoms with Crippen LogP contribution in [0.3, 0.4) is 0 Å². The van der Waals surface area contributed by atoms with Crippen LogP contribution in [0.4, 0.5) is 11.5 Å². The molecule has 1 heterocycles. The molecule has 6 heteroatoms. The number of anilines is 2. The molecule has 0 unspecified atom stereocenters. The van der Waals surface area contributed by atoms with E-state index in [2.05, 4.69) is 15.3 Å². The summed E-state index contributed by atoms with van der Waals surface area (Å²) in [5, 5.41) is 3.96. The summed E-state index contributed by atoms with van der Waals surface area (Å²) in [7, 11) is 1.57. The first-order valence-electron chi connectivity index (χ1n) is 4.77. The Kier molecular flexibility index (Phi) is 3.66. The van der Waals surface area contributed by atoms with Gasteiger partial charge < -0.3 is 10.1 Å². The standard InChI is InChI=1S/C11H9Cl2N3O/c1-17-9-3-2-7(4-8(9)12)16-11-5-10(13)14-6-15-11/h2-6H,1H3,(H,14,15,16). The van der Waals surface area contributed by atoms with Gasteiger partial charge in [0.1, 0.15) is 23.0 Å². The van der Waals surface area contributed by atoms with Gasteiger partial charge in [0, 0.05) is 11.8 Å².